The van der Waals surface area contributed by atoms with E-state index < -0.39 is 10.5 Å². The molecule has 22 heavy (non-hydrogen) atoms. The van der Waals surface area contributed by atoms with Crippen LogP contribution in [0.25, 0.3) is 0 Å². The average molecular weight is 324 g/mol. The summed E-state index contributed by atoms with van der Waals surface area (Å²) in [6.45, 7) is 12.7. The molecule has 4 nitrogen and oxygen atoms in total. The van der Waals surface area contributed by atoms with Crippen LogP contribution in [0.5, 0.6) is 0 Å². The van der Waals surface area contributed by atoms with Crippen molar-refractivity contribution in [3.63, 3.8) is 0 Å². The molecule has 0 saturated carbocycles. The molecule has 3 rings (SSSR count). The Bertz CT molecular complexity index is 525. The highest BCUT2D eigenvalue weighted by Crippen LogP contribution is 2.77. The summed E-state index contributed by atoms with van der Waals surface area (Å²) in [6, 6.07) is 0. The van der Waals surface area contributed by atoms with Gasteiger partial charge in [0, 0.05) is 26.2 Å². The Morgan fingerprint density at radius 3 is 2.41 bits per heavy atom. The van der Waals surface area contributed by atoms with Crippen LogP contribution in [0.4, 0.5) is 4.79 Å². The van der Waals surface area contributed by atoms with E-state index in [4.69, 9.17) is 4.18 Å². The maximum Gasteiger partial charge on any atom is 0.409 e. The fraction of sp³-hybridized carbons (Fsp3) is 0.706. The van der Waals surface area contributed by atoms with Crippen LogP contribution in [0.1, 0.15) is 34.1 Å². The first-order valence-electron chi connectivity index (χ1n) is 8.32. The third-order valence-electron chi connectivity index (χ3n) is 5.36. The lowest BCUT2D eigenvalue weighted by Gasteiger charge is -2.43. The Morgan fingerprint density at radius 2 is 1.95 bits per heavy atom. The zero-order valence-corrected chi connectivity index (χ0v) is 14.9. The van der Waals surface area contributed by atoms with Crippen LogP contribution in [-0.4, -0.2) is 40.5 Å². The average Bonchev–Trinajstić information content (AvgIpc) is 3.21. The van der Waals surface area contributed by atoms with Gasteiger partial charge in [0.15, 0.2) is 0 Å². The lowest BCUT2D eigenvalue weighted by Crippen LogP contribution is -2.46. The van der Waals surface area contributed by atoms with Crippen LogP contribution in [0, 0.1) is 11.8 Å². The van der Waals surface area contributed by atoms with Crippen LogP contribution in [0.2, 0.25) is 0 Å². The molecule has 0 amide bonds. The number of piperazine rings is 1. The zero-order chi connectivity index (χ0) is 16.0. The van der Waals surface area contributed by atoms with Crippen molar-refractivity contribution in [2.24, 2.45) is 11.8 Å². The molecule has 2 heterocycles. The van der Waals surface area contributed by atoms with E-state index >= 15 is 0 Å². The van der Waals surface area contributed by atoms with Gasteiger partial charge in [-0.15, -0.1) is 0 Å². The Kier molecular flexibility index (Phi) is 4.16. The van der Waals surface area contributed by atoms with Crippen molar-refractivity contribution in [2.75, 3.05) is 26.2 Å². The van der Waals surface area contributed by atoms with Gasteiger partial charge in [-0.05, 0) is 30.8 Å². The Labute approximate surface area is 135 Å². The van der Waals surface area contributed by atoms with E-state index in [-0.39, 0.29) is 10.0 Å². The monoisotopic (exact) mass is 324 g/mol. The number of rotatable bonds is 4. The van der Waals surface area contributed by atoms with Crippen molar-refractivity contribution in [3.8, 4) is 0 Å². The molecule has 2 aliphatic heterocycles. The standard InChI is InChI=1S/C17H28N2O2S/c1-13(2)14(3)15-5-7-17(4,8-6-15)22(16(20)21-22)19-11-9-18-10-12-19/h5-7,13-14,18H,8-12H2,1-4H3. The third kappa shape index (κ3) is 2.43. The fourth-order valence-electron chi connectivity index (χ4n) is 3.38. The Balaban J connectivity index is 1.80. The van der Waals surface area contributed by atoms with Gasteiger partial charge in [-0.1, -0.05) is 39.0 Å². The maximum atomic E-state index is 12.2. The molecule has 0 aromatic carbocycles. The van der Waals surface area contributed by atoms with Gasteiger partial charge in [0.05, 0.1) is 15.2 Å². The second kappa shape index (κ2) is 5.69. The van der Waals surface area contributed by atoms with E-state index in [1.54, 1.807) is 0 Å². The molecular formula is C17H28N2O2S. The minimum absolute atomic E-state index is 0.0234. The second-order valence-corrected chi connectivity index (χ2v) is 10.1. The van der Waals surface area contributed by atoms with E-state index in [0.29, 0.717) is 11.8 Å². The van der Waals surface area contributed by atoms with Gasteiger partial charge < -0.3 is 9.50 Å². The molecular weight excluding hydrogens is 296 g/mol. The molecule has 1 aliphatic carbocycles. The lowest BCUT2D eigenvalue weighted by molar-refractivity contribution is 0.249. The number of nitrogens with one attached hydrogen (secondary N) is 1. The topological polar surface area (TPSA) is 44.9 Å². The van der Waals surface area contributed by atoms with Gasteiger partial charge in [0.2, 0.25) is 0 Å². The summed E-state index contributed by atoms with van der Waals surface area (Å²) in [4.78, 5) is 12.2. The Hall–Kier alpha value is -0.780. The van der Waals surface area contributed by atoms with Crippen molar-refractivity contribution in [1.29, 1.82) is 0 Å². The first-order chi connectivity index (χ1) is 10.4. The molecule has 0 bridgehead atoms. The molecule has 5 heteroatoms. The van der Waals surface area contributed by atoms with Crippen molar-refractivity contribution in [3.05, 3.63) is 23.8 Å². The highest BCUT2D eigenvalue weighted by atomic mass is 32.3. The third-order valence-corrected chi connectivity index (χ3v) is 8.79. The fourth-order valence-corrected chi connectivity index (χ4v) is 6.47. The van der Waals surface area contributed by atoms with E-state index in [1.165, 1.54) is 5.57 Å². The first kappa shape index (κ1) is 16.1. The van der Waals surface area contributed by atoms with Crippen LogP contribution in [-0.2, 0) is 4.18 Å². The number of nitrogens with zero attached hydrogens (tertiary/aromatic N) is 1. The SMILES string of the molecule is CC(C)C(C)C1=CCC(C)(S2(N3CCNCC3)OC2=O)C=C1. The predicted octanol–water partition coefficient (Wildman–Crippen LogP) is 3.61. The van der Waals surface area contributed by atoms with Crippen molar-refractivity contribution >= 4 is 15.8 Å². The lowest BCUT2D eigenvalue weighted by atomic mass is 9.85. The van der Waals surface area contributed by atoms with Crippen molar-refractivity contribution in [1.82, 2.24) is 9.62 Å². The zero-order valence-electron chi connectivity index (χ0n) is 14.1. The van der Waals surface area contributed by atoms with Crippen molar-refractivity contribution < 1.29 is 8.98 Å². The molecule has 0 aromatic rings. The summed E-state index contributed by atoms with van der Waals surface area (Å²) in [5.41, 5.74) is 1.40. The molecule has 0 aromatic heterocycles. The first-order valence-corrected chi connectivity index (χ1v) is 9.84. The minimum Gasteiger partial charge on any atom is -0.380 e. The Morgan fingerprint density at radius 1 is 1.32 bits per heavy atom. The summed E-state index contributed by atoms with van der Waals surface area (Å²) >= 11 is 0. The van der Waals surface area contributed by atoms with E-state index in [1.807, 2.05) is 0 Å². The summed E-state index contributed by atoms with van der Waals surface area (Å²) in [7, 11) is -1.76. The van der Waals surface area contributed by atoms with E-state index in [0.717, 1.165) is 32.6 Å². The van der Waals surface area contributed by atoms with Gasteiger partial charge >= 0.3 is 5.30 Å². The number of carbonyl (C=O) groups is 1. The molecule has 3 unspecified atom stereocenters. The number of hydrogen-bond donors (Lipinski definition) is 1. The van der Waals surface area contributed by atoms with Crippen LogP contribution >= 0.6 is 10.5 Å². The number of allylic oxidation sites excluding steroid dienone is 3. The number of hydrogen-bond acceptors (Lipinski definition) is 4. The van der Waals surface area contributed by atoms with Crippen LogP contribution < -0.4 is 5.32 Å². The van der Waals surface area contributed by atoms with E-state index in [2.05, 4.69) is 55.5 Å². The van der Waals surface area contributed by atoms with Gasteiger partial charge in [-0.2, -0.15) is 0 Å². The quantitative estimate of drug-likeness (QED) is 0.802. The highest BCUT2D eigenvalue weighted by molar-refractivity contribution is 8.47. The van der Waals surface area contributed by atoms with Gasteiger partial charge in [-0.3, -0.25) is 0 Å². The van der Waals surface area contributed by atoms with Gasteiger partial charge in [0.1, 0.15) is 0 Å². The molecule has 3 atom stereocenters. The molecule has 0 spiro atoms. The molecule has 2 saturated heterocycles. The highest BCUT2D eigenvalue weighted by Gasteiger charge is 2.67. The largest absolute Gasteiger partial charge is 0.409 e. The summed E-state index contributed by atoms with van der Waals surface area (Å²) in [6.07, 6.45) is 7.72. The number of carbonyl (C=O) groups excluding carboxylic acids is 1. The van der Waals surface area contributed by atoms with Gasteiger partial charge in [0.25, 0.3) is 0 Å². The molecule has 1 N–H and O–H groups in total. The maximum absolute atomic E-state index is 12.2. The summed E-state index contributed by atoms with van der Waals surface area (Å²) in [5, 5.41) is 3.38. The molecule has 124 valence electrons. The normalized spacial score (nSPS) is 39.9. The second-order valence-electron chi connectivity index (χ2n) is 7.13. The summed E-state index contributed by atoms with van der Waals surface area (Å²) in [5.74, 6) is 1.19. The summed E-state index contributed by atoms with van der Waals surface area (Å²) < 4.78 is 7.82. The smallest absolute Gasteiger partial charge is 0.380 e. The predicted molar refractivity (Wildman–Crippen MR) is 92.8 cm³/mol. The molecule has 2 fully saturated rings. The van der Waals surface area contributed by atoms with Crippen molar-refractivity contribution in [2.45, 2.75) is 38.9 Å². The molecule has 3 aliphatic rings. The van der Waals surface area contributed by atoms with Crippen LogP contribution in [0.3, 0.4) is 0 Å². The van der Waals surface area contributed by atoms with Crippen LogP contribution in [0.15, 0.2) is 23.8 Å². The van der Waals surface area contributed by atoms with E-state index in [9.17, 15) is 4.79 Å². The van der Waals surface area contributed by atoms with Gasteiger partial charge in [-0.25, -0.2) is 9.10 Å². The minimum atomic E-state index is -1.76. The molecule has 0 radical (unpaired) electrons.